The number of methoxy groups -OCH3 is 1. The number of alkyl halides is 3. The van der Waals surface area contributed by atoms with Crippen LogP contribution in [0.5, 0.6) is 5.75 Å². The Labute approximate surface area is 145 Å². The lowest BCUT2D eigenvalue weighted by Crippen LogP contribution is -2.27. The minimum absolute atomic E-state index is 0.290. The van der Waals surface area contributed by atoms with E-state index >= 15 is 0 Å². The van der Waals surface area contributed by atoms with Crippen LogP contribution in [-0.4, -0.2) is 32.5 Å². The Morgan fingerprint density at radius 2 is 1.60 bits per heavy atom. The summed E-state index contributed by atoms with van der Waals surface area (Å²) >= 11 is 0. The fraction of sp³-hybridized carbons (Fsp3) is 0.375. The second-order valence-corrected chi connectivity index (χ2v) is 10.5. The maximum Gasteiger partial charge on any atom is 0.523 e. The smallest absolute Gasteiger partial charge is 0.496 e. The number of ether oxygens (including phenoxy) is 1. The number of rotatable bonds is 4. The molecule has 0 amide bonds. The Balaban J connectivity index is 2.19. The summed E-state index contributed by atoms with van der Waals surface area (Å²) in [7, 11) is -6.76. The molecule has 1 heterocycles. The van der Waals surface area contributed by atoms with Crippen LogP contribution in [0.4, 0.5) is 13.2 Å². The average molecular weight is 394 g/mol. The van der Waals surface area contributed by atoms with E-state index in [4.69, 9.17) is 8.37 Å². The van der Waals surface area contributed by atoms with Crippen LogP contribution in [0, 0.1) is 0 Å². The first-order valence-corrected chi connectivity index (χ1v) is 10.9. The molecule has 25 heavy (non-hydrogen) atoms. The molecule has 0 atom stereocenters. The second-order valence-electron chi connectivity index (χ2n) is 5.71. The highest BCUT2D eigenvalue weighted by molar-refractivity contribution is 8.33. The van der Waals surface area contributed by atoms with Crippen LogP contribution in [0.15, 0.2) is 41.3 Å². The molecule has 1 saturated heterocycles. The van der Waals surface area contributed by atoms with Gasteiger partial charge in [-0.1, -0.05) is 34.6 Å². The summed E-state index contributed by atoms with van der Waals surface area (Å²) in [5.41, 5.74) is -5.43. The van der Waals surface area contributed by atoms with Gasteiger partial charge in [-0.3, -0.25) is 0 Å². The van der Waals surface area contributed by atoms with Gasteiger partial charge in [0.1, 0.15) is 5.75 Å². The van der Waals surface area contributed by atoms with Gasteiger partial charge in [-0.15, -0.1) is 0 Å². The first kappa shape index (κ1) is 18.3. The summed E-state index contributed by atoms with van der Waals surface area (Å²) in [4.78, 5) is 0.522. The Kier molecular flexibility index (Phi) is 4.67. The van der Waals surface area contributed by atoms with Gasteiger partial charge in [0, 0.05) is 21.8 Å². The summed E-state index contributed by atoms with van der Waals surface area (Å²) in [6, 6.07) is 10.4. The van der Waals surface area contributed by atoms with Crippen molar-refractivity contribution in [2.75, 3.05) is 18.6 Å². The van der Waals surface area contributed by atoms with Crippen LogP contribution in [0.1, 0.15) is 12.8 Å². The first-order chi connectivity index (χ1) is 11.7. The van der Waals surface area contributed by atoms with Crippen LogP contribution in [0.25, 0.3) is 10.8 Å². The molecule has 2 aromatic carbocycles. The van der Waals surface area contributed by atoms with E-state index in [0.29, 0.717) is 45.8 Å². The summed E-state index contributed by atoms with van der Waals surface area (Å²) < 4.78 is 72.3. The molecule has 0 radical (unpaired) electrons. The highest BCUT2D eigenvalue weighted by Crippen LogP contribution is 2.65. The Morgan fingerprint density at radius 3 is 2.16 bits per heavy atom. The van der Waals surface area contributed by atoms with Crippen molar-refractivity contribution in [3.63, 3.8) is 0 Å². The molecule has 2 aromatic rings. The van der Waals surface area contributed by atoms with E-state index in [1.54, 1.807) is 36.4 Å². The van der Waals surface area contributed by atoms with Gasteiger partial charge in [0.15, 0.2) is 0 Å². The zero-order valence-electron chi connectivity index (χ0n) is 13.4. The van der Waals surface area contributed by atoms with Crippen LogP contribution >= 0.6 is 10.3 Å². The zero-order valence-corrected chi connectivity index (χ0v) is 15.0. The van der Waals surface area contributed by atoms with Crippen molar-refractivity contribution in [2.45, 2.75) is 23.2 Å². The van der Waals surface area contributed by atoms with Gasteiger partial charge >= 0.3 is 15.6 Å². The third kappa shape index (κ3) is 3.20. The molecule has 0 aromatic heterocycles. The highest BCUT2D eigenvalue weighted by atomic mass is 32.3. The first-order valence-electron chi connectivity index (χ1n) is 7.57. The largest absolute Gasteiger partial charge is 0.523 e. The summed E-state index contributed by atoms with van der Waals surface area (Å²) in [6.07, 6.45) is 1.26. The number of benzene rings is 2. The van der Waals surface area contributed by atoms with Crippen LogP contribution in [-0.2, 0) is 13.7 Å². The van der Waals surface area contributed by atoms with E-state index in [2.05, 4.69) is 0 Å². The lowest BCUT2D eigenvalue weighted by atomic mass is 10.1. The van der Waals surface area contributed by atoms with E-state index in [1.165, 1.54) is 7.11 Å². The molecule has 1 fully saturated rings. The summed E-state index contributed by atoms with van der Waals surface area (Å²) in [5.74, 6) is 1.16. The van der Waals surface area contributed by atoms with Crippen molar-refractivity contribution in [2.24, 2.45) is 0 Å². The summed E-state index contributed by atoms with van der Waals surface area (Å²) in [6.45, 7) is 0. The molecule has 0 spiro atoms. The van der Waals surface area contributed by atoms with Gasteiger partial charge < -0.3 is 4.74 Å². The number of hydrogen-bond acceptors (Lipinski definition) is 4. The Hall–Kier alpha value is -1.45. The van der Waals surface area contributed by atoms with E-state index in [0.717, 1.165) is 0 Å². The predicted octanol–water partition coefficient (Wildman–Crippen LogP) is 4.59. The molecule has 1 aliphatic rings. The van der Waals surface area contributed by atoms with Gasteiger partial charge in [0.05, 0.1) is 7.11 Å². The lowest BCUT2D eigenvalue weighted by Gasteiger charge is -2.35. The van der Waals surface area contributed by atoms with Crippen molar-refractivity contribution in [3.05, 3.63) is 36.4 Å². The third-order valence-electron chi connectivity index (χ3n) is 4.17. The van der Waals surface area contributed by atoms with Crippen molar-refractivity contribution >= 4 is 31.2 Å². The second kappa shape index (κ2) is 6.37. The lowest BCUT2D eigenvalue weighted by molar-refractivity contribution is -0.0496. The normalized spacial score (nSPS) is 19.0. The minimum atomic E-state index is -5.67. The van der Waals surface area contributed by atoms with Crippen molar-refractivity contribution in [1.29, 1.82) is 0 Å². The van der Waals surface area contributed by atoms with E-state index < -0.39 is 25.9 Å². The maximum atomic E-state index is 12.9. The Bertz CT molecular complexity index is 888. The van der Waals surface area contributed by atoms with Crippen LogP contribution < -0.4 is 4.74 Å². The number of fused-ring (bicyclic) bond motifs is 1. The molecular formula is C16H17F3O4S2. The van der Waals surface area contributed by atoms with Gasteiger partial charge in [0.2, 0.25) is 0 Å². The third-order valence-corrected chi connectivity index (χ3v) is 9.55. The maximum absolute atomic E-state index is 12.9. The van der Waals surface area contributed by atoms with E-state index in [1.807, 2.05) is 0 Å². The fourth-order valence-corrected chi connectivity index (χ4v) is 8.45. The van der Waals surface area contributed by atoms with Crippen molar-refractivity contribution in [1.82, 2.24) is 0 Å². The molecule has 0 aliphatic carbocycles. The predicted molar refractivity (Wildman–Crippen MR) is 91.4 cm³/mol. The molecule has 1 aliphatic heterocycles. The van der Waals surface area contributed by atoms with Crippen molar-refractivity contribution < 1.29 is 30.0 Å². The van der Waals surface area contributed by atoms with E-state index in [-0.39, 0.29) is 0 Å². The molecule has 0 saturated carbocycles. The van der Waals surface area contributed by atoms with E-state index in [9.17, 15) is 21.6 Å². The molecule has 4 nitrogen and oxygen atoms in total. The topological polar surface area (TPSA) is 52.6 Å². The standard InChI is InChI=1S/C16H17F3O4S2/c1-22-14-8-9-15(13-7-3-2-6-12(13)14)24(10-4-5-11-24)23-25(20,21)16(17,18)19/h2-3,6-9H,4-5,10-11H2,1H3. The van der Waals surface area contributed by atoms with Gasteiger partial charge in [-0.25, -0.2) is 3.63 Å². The van der Waals surface area contributed by atoms with Crippen LogP contribution in [0.3, 0.4) is 0 Å². The monoisotopic (exact) mass is 394 g/mol. The molecule has 0 N–H and O–H groups in total. The van der Waals surface area contributed by atoms with Gasteiger partial charge in [-0.05, 0) is 30.4 Å². The summed E-state index contributed by atoms with van der Waals surface area (Å²) in [5, 5.41) is 1.38. The zero-order chi connectivity index (χ0) is 18.3. The molecule has 9 heteroatoms. The highest BCUT2D eigenvalue weighted by Gasteiger charge is 2.52. The fourth-order valence-electron chi connectivity index (χ4n) is 3.05. The number of halogens is 3. The Morgan fingerprint density at radius 1 is 1.00 bits per heavy atom. The molecular weight excluding hydrogens is 377 g/mol. The molecule has 0 unspecified atom stereocenters. The van der Waals surface area contributed by atoms with Gasteiger partial charge in [-0.2, -0.15) is 21.6 Å². The molecule has 0 bridgehead atoms. The van der Waals surface area contributed by atoms with Crippen LogP contribution in [0.2, 0.25) is 0 Å². The average Bonchev–Trinajstić information content (AvgIpc) is 3.01. The molecule has 138 valence electrons. The molecule has 3 rings (SSSR count). The van der Waals surface area contributed by atoms with Gasteiger partial charge in [0.25, 0.3) is 0 Å². The van der Waals surface area contributed by atoms with Crippen molar-refractivity contribution in [3.8, 4) is 5.75 Å². The quantitative estimate of drug-likeness (QED) is 0.712. The SMILES string of the molecule is COc1ccc(S2(OS(=O)(=O)C(F)(F)F)CCCC2)c2ccccc12. The minimum Gasteiger partial charge on any atom is -0.496 e. The number of hydrogen-bond donors (Lipinski definition) is 0.